The first-order chi connectivity index (χ1) is 8.88. The summed E-state index contributed by atoms with van der Waals surface area (Å²) in [6.07, 6.45) is 2.34. The number of hydrogen-bond acceptors (Lipinski definition) is 0. The van der Waals surface area contributed by atoms with Crippen molar-refractivity contribution >= 4 is 0 Å². The lowest BCUT2D eigenvalue weighted by Gasteiger charge is -2.15. The van der Waals surface area contributed by atoms with Gasteiger partial charge >= 0.3 is 0 Å². The van der Waals surface area contributed by atoms with Crippen molar-refractivity contribution in [3.63, 3.8) is 0 Å². The van der Waals surface area contributed by atoms with Gasteiger partial charge in [0.2, 0.25) is 0 Å². The van der Waals surface area contributed by atoms with Crippen LogP contribution in [0.5, 0.6) is 0 Å². The Morgan fingerprint density at radius 1 is 0.526 bits per heavy atom. The second-order valence-electron chi connectivity index (χ2n) is 5.77. The molecule has 19 heavy (non-hydrogen) atoms. The normalized spacial score (nSPS) is 10.8. The molecule has 0 heterocycles. The molecule has 0 amide bonds. The lowest BCUT2D eigenvalue weighted by molar-refractivity contribution is 1.20. The molecule has 0 aliphatic heterocycles. The summed E-state index contributed by atoms with van der Waals surface area (Å²) in [5, 5.41) is 0. The topological polar surface area (TPSA) is 0 Å². The molecule has 0 aliphatic rings. The van der Waals surface area contributed by atoms with Crippen LogP contribution in [0.4, 0.5) is 0 Å². The Morgan fingerprint density at radius 2 is 0.789 bits per heavy atom. The summed E-state index contributed by atoms with van der Waals surface area (Å²) in [7, 11) is 0. The molecule has 0 saturated carbocycles. The molecule has 0 atom stereocenters. The molecule has 99 valence electrons. The smallest absolute Gasteiger partial charge is 0.0210 e. The molecule has 0 heteroatoms. The van der Waals surface area contributed by atoms with Gasteiger partial charge in [0.05, 0.1) is 0 Å². The summed E-state index contributed by atoms with van der Waals surface area (Å²) < 4.78 is 0. The summed E-state index contributed by atoms with van der Waals surface area (Å²) in [6.45, 7) is 13.1. The van der Waals surface area contributed by atoms with E-state index in [1.807, 2.05) is 0 Å². The average molecular weight is 251 g/mol. The minimum atomic E-state index is 1.34. The molecule has 1 radical (unpaired) electrons. The van der Waals surface area contributed by atoms with Crippen molar-refractivity contribution in [2.75, 3.05) is 0 Å². The number of aryl methyl sites for hydroxylation is 6. The fourth-order valence-corrected chi connectivity index (χ4v) is 2.98. The van der Waals surface area contributed by atoms with E-state index in [1.165, 1.54) is 44.5 Å². The molecular formula is C19H23. The van der Waals surface area contributed by atoms with Crippen molar-refractivity contribution < 1.29 is 0 Å². The summed E-state index contributed by atoms with van der Waals surface area (Å²) in [5.41, 5.74) is 10.8. The predicted molar refractivity (Wildman–Crippen MR) is 83.8 cm³/mol. The van der Waals surface area contributed by atoms with Gasteiger partial charge in [-0.05, 0) is 74.9 Å². The van der Waals surface area contributed by atoms with Crippen LogP contribution >= 0.6 is 0 Å². The van der Waals surface area contributed by atoms with Gasteiger partial charge in [0.15, 0.2) is 0 Å². The monoisotopic (exact) mass is 251 g/mol. The van der Waals surface area contributed by atoms with Crippen molar-refractivity contribution in [1.82, 2.24) is 0 Å². The van der Waals surface area contributed by atoms with Crippen LogP contribution in [0, 0.1) is 48.0 Å². The summed E-state index contributed by atoms with van der Waals surface area (Å²) in [6, 6.07) is 9.05. The van der Waals surface area contributed by atoms with E-state index in [1.54, 1.807) is 0 Å². The van der Waals surface area contributed by atoms with E-state index in [9.17, 15) is 0 Å². The second-order valence-corrected chi connectivity index (χ2v) is 5.77. The highest BCUT2D eigenvalue weighted by atomic mass is 14.1. The van der Waals surface area contributed by atoms with Gasteiger partial charge in [-0.2, -0.15) is 0 Å². The minimum Gasteiger partial charge on any atom is -0.0561 e. The second kappa shape index (κ2) is 5.21. The first-order valence-electron chi connectivity index (χ1n) is 6.89. The van der Waals surface area contributed by atoms with E-state index in [2.05, 4.69) is 72.2 Å². The van der Waals surface area contributed by atoms with Crippen molar-refractivity contribution in [3.05, 3.63) is 75.2 Å². The largest absolute Gasteiger partial charge is 0.0561 e. The molecule has 2 aromatic rings. The van der Waals surface area contributed by atoms with Gasteiger partial charge in [-0.1, -0.05) is 35.4 Å². The molecule has 0 bridgehead atoms. The molecule has 0 spiro atoms. The van der Waals surface area contributed by atoms with Gasteiger partial charge in [0.1, 0.15) is 0 Å². The average Bonchev–Trinajstić information content (AvgIpc) is 2.25. The zero-order chi connectivity index (χ0) is 14.2. The quantitative estimate of drug-likeness (QED) is 0.693. The van der Waals surface area contributed by atoms with Crippen molar-refractivity contribution in [2.24, 2.45) is 0 Å². The maximum absolute atomic E-state index is 2.34. The standard InChI is InChI=1S/C19H23/c1-12-7-14(3)18(15(4)8-12)11-19-16(5)9-13(2)10-17(19)6/h7-11H,1-6H3. The Labute approximate surface area is 117 Å². The van der Waals surface area contributed by atoms with Gasteiger partial charge in [0, 0.05) is 6.42 Å². The molecule has 0 aliphatic carbocycles. The number of rotatable bonds is 2. The van der Waals surface area contributed by atoms with Crippen LogP contribution in [0.25, 0.3) is 0 Å². The van der Waals surface area contributed by atoms with Crippen molar-refractivity contribution in [2.45, 2.75) is 41.5 Å². The Kier molecular flexibility index (Phi) is 3.80. The summed E-state index contributed by atoms with van der Waals surface area (Å²) >= 11 is 0. The van der Waals surface area contributed by atoms with E-state index in [4.69, 9.17) is 0 Å². The highest BCUT2D eigenvalue weighted by Gasteiger charge is 2.10. The number of hydrogen-bond donors (Lipinski definition) is 0. The Hall–Kier alpha value is -1.56. The molecule has 2 aromatic carbocycles. The van der Waals surface area contributed by atoms with Gasteiger partial charge < -0.3 is 0 Å². The van der Waals surface area contributed by atoms with E-state index in [-0.39, 0.29) is 0 Å². The third kappa shape index (κ3) is 2.89. The van der Waals surface area contributed by atoms with Gasteiger partial charge in [-0.25, -0.2) is 0 Å². The molecule has 0 fully saturated rings. The molecule has 2 rings (SSSR count). The van der Waals surface area contributed by atoms with Crippen LogP contribution in [0.3, 0.4) is 0 Å². The van der Waals surface area contributed by atoms with Crippen molar-refractivity contribution in [3.8, 4) is 0 Å². The van der Waals surface area contributed by atoms with Crippen molar-refractivity contribution in [1.29, 1.82) is 0 Å². The van der Waals surface area contributed by atoms with Crippen LogP contribution in [-0.2, 0) is 0 Å². The van der Waals surface area contributed by atoms with E-state index in [0.717, 1.165) is 0 Å². The summed E-state index contributed by atoms with van der Waals surface area (Å²) in [4.78, 5) is 0. The maximum Gasteiger partial charge on any atom is 0.0210 e. The van der Waals surface area contributed by atoms with E-state index in [0.29, 0.717) is 0 Å². The zero-order valence-electron chi connectivity index (χ0n) is 12.9. The molecule has 0 aromatic heterocycles. The lowest BCUT2D eigenvalue weighted by Crippen LogP contribution is -1.99. The highest BCUT2D eigenvalue weighted by molar-refractivity contribution is 5.52. The lowest BCUT2D eigenvalue weighted by atomic mass is 9.89. The zero-order valence-corrected chi connectivity index (χ0v) is 12.9. The van der Waals surface area contributed by atoms with Crippen LogP contribution in [0.2, 0.25) is 0 Å². The molecule has 0 saturated heterocycles. The molecular weight excluding hydrogens is 228 g/mol. The minimum absolute atomic E-state index is 1.34. The highest BCUT2D eigenvalue weighted by Crippen LogP contribution is 2.26. The molecule has 0 nitrogen and oxygen atoms in total. The van der Waals surface area contributed by atoms with Gasteiger partial charge in [0.25, 0.3) is 0 Å². The fraction of sp³-hybridized carbons (Fsp3) is 0.316. The molecule has 0 N–H and O–H groups in total. The Morgan fingerprint density at radius 3 is 1.05 bits per heavy atom. The van der Waals surface area contributed by atoms with Crippen LogP contribution in [-0.4, -0.2) is 0 Å². The predicted octanol–water partition coefficient (Wildman–Crippen LogP) is 5.14. The summed E-state index contributed by atoms with van der Waals surface area (Å²) in [5.74, 6) is 0. The third-order valence-corrected chi connectivity index (χ3v) is 3.76. The first-order valence-corrected chi connectivity index (χ1v) is 6.89. The SMILES string of the molecule is Cc1cc(C)c([CH]c2c(C)cc(C)cc2C)c(C)c1. The van der Waals surface area contributed by atoms with Crippen LogP contribution in [0.15, 0.2) is 24.3 Å². The van der Waals surface area contributed by atoms with E-state index >= 15 is 0 Å². The Balaban J connectivity index is 2.48. The van der Waals surface area contributed by atoms with Crippen LogP contribution < -0.4 is 0 Å². The Bertz CT molecular complexity index is 516. The maximum atomic E-state index is 2.34. The van der Waals surface area contributed by atoms with E-state index < -0.39 is 0 Å². The number of benzene rings is 2. The fourth-order valence-electron chi connectivity index (χ4n) is 2.98. The molecule has 0 unspecified atom stereocenters. The first kappa shape index (κ1) is 13.9. The van der Waals surface area contributed by atoms with Gasteiger partial charge in [-0.3, -0.25) is 0 Å². The van der Waals surface area contributed by atoms with Gasteiger partial charge in [-0.15, -0.1) is 0 Å². The van der Waals surface area contributed by atoms with Crippen LogP contribution in [0.1, 0.15) is 44.5 Å². The third-order valence-electron chi connectivity index (χ3n) is 3.76.